The highest BCUT2D eigenvalue weighted by molar-refractivity contribution is 5.94. The van der Waals surface area contributed by atoms with Crippen LogP contribution in [0.3, 0.4) is 0 Å². The van der Waals surface area contributed by atoms with Crippen LogP contribution in [-0.2, 0) is 9.53 Å². The Kier molecular flexibility index (Phi) is 4.40. The first-order valence-corrected chi connectivity index (χ1v) is 7.05. The van der Waals surface area contributed by atoms with E-state index in [1.165, 1.54) is 21.9 Å². The summed E-state index contributed by atoms with van der Waals surface area (Å²) < 4.78 is 5.15. The van der Waals surface area contributed by atoms with Crippen molar-refractivity contribution in [2.45, 2.75) is 19.9 Å². The van der Waals surface area contributed by atoms with Gasteiger partial charge in [-0.05, 0) is 31.5 Å². The van der Waals surface area contributed by atoms with Gasteiger partial charge in [-0.2, -0.15) is 0 Å². The number of urea groups is 1. The third-order valence-electron chi connectivity index (χ3n) is 3.85. The molecule has 1 atom stereocenters. The molecule has 0 bridgehead atoms. The first kappa shape index (κ1) is 15.9. The molecule has 6 nitrogen and oxygen atoms in total. The van der Waals surface area contributed by atoms with Gasteiger partial charge in [-0.1, -0.05) is 12.1 Å². The molecule has 1 aromatic carbocycles. The highest BCUT2D eigenvalue weighted by Gasteiger charge is 2.39. The standard InChI is InChI=1S/C16H20N2O4/c1-5-22-15(20)13-10(2)17(3)16(21)18(4)14(13)11-6-8-12(19)9-7-11/h6-9,14,19H,5H2,1-4H3/t14-/m0/s1. The molecular weight excluding hydrogens is 284 g/mol. The van der Waals surface area contributed by atoms with E-state index in [1.807, 2.05) is 0 Å². The van der Waals surface area contributed by atoms with Gasteiger partial charge < -0.3 is 19.6 Å². The van der Waals surface area contributed by atoms with E-state index in [9.17, 15) is 14.7 Å². The summed E-state index contributed by atoms with van der Waals surface area (Å²) in [4.78, 5) is 27.6. The third kappa shape index (κ3) is 2.64. The normalized spacial score (nSPS) is 18.7. The van der Waals surface area contributed by atoms with Gasteiger partial charge in [-0.3, -0.25) is 0 Å². The van der Waals surface area contributed by atoms with Crippen LogP contribution in [0, 0.1) is 0 Å². The fraction of sp³-hybridized carbons (Fsp3) is 0.375. The predicted octanol–water partition coefficient (Wildman–Crippen LogP) is 2.27. The summed E-state index contributed by atoms with van der Waals surface area (Å²) in [5, 5.41) is 9.43. The van der Waals surface area contributed by atoms with E-state index in [0.717, 1.165) is 5.56 Å². The van der Waals surface area contributed by atoms with Crippen LogP contribution < -0.4 is 0 Å². The number of phenols is 1. The number of hydrogen-bond acceptors (Lipinski definition) is 4. The Bertz CT molecular complexity index is 622. The summed E-state index contributed by atoms with van der Waals surface area (Å²) in [6.07, 6.45) is 0. The predicted molar refractivity (Wildman–Crippen MR) is 81.1 cm³/mol. The molecule has 0 fully saturated rings. The monoisotopic (exact) mass is 304 g/mol. The quantitative estimate of drug-likeness (QED) is 0.870. The minimum Gasteiger partial charge on any atom is -0.508 e. The Labute approximate surface area is 129 Å². The number of phenolic OH excluding ortho intramolecular Hbond substituents is 1. The second kappa shape index (κ2) is 6.09. The van der Waals surface area contributed by atoms with Crippen LogP contribution in [0.2, 0.25) is 0 Å². The van der Waals surface area contributed by atoms with E-state index in [-0.39, 0.29) is 18.4 Å². The zero-order valence-corrected chi connectivity index (χ0v) is 13.2. The van der Waals surface area contributed by atoms with Crippen LogP contribution in [0.5, 0.6) is 5.75 Å². The summed E-state index contributed by atoms with van der Waals surface area (Å²) in [5.74, 6) is -0.312. The molecule has 0 radical (unpaired) electrons. The van der Waals surface area contributed by atoms with E-state index in [1.54, 1.807) is 40.1 Å². The van der Waals surface area contributed by atoms with Gasteiger partial charge in [0.05, 0.1) is 18.2 Å². The number of likely N-dealkylation sites (N-methyl/N-ethyl adjacent to an activating group) is 1. The molecule has 0 aliphatic carbocycles. The molecule has 22 heavy (non-hydrogen) atoms. The van der Waals surface area contributed by atoms with E-state index in [4.69, 9.17) is 4.74 Å². The van der Waals surface area contributed by atoms with E-state index < -0.39 is 12.0 Å². The molecule has 6 heteroatoms. The number of rotatable bonds is 3. The second-order valence-corrected chi connectivity index (χ2v) is 5.17. The number of amides is 2. The highest BCUT2D eigenvalue weighted by Crippen LogP contribution is 2.36. The number of esters is 1. The number of aromatic hydroxyl groups is 1. The highest BCUT2D eigenvalue weighted by atomic mass is 16.5. The van der Waals surface area contributed by atoms with Crippen LogP contribution >= 0.6 is 0 Å². The lowest BCUT2D eigenvalue weighted by Crippen LogP contribution is -2.47. The molecule has 1 aromatic rings. The molecule has 1 aliphatic heterocycles. The molecule has 0 saturated carbocycles. The number of hydrogen-bond donors (Lipinski definition) is 1. The van der Waals surface area contributed by atoms with Crippen molar-refractivity contribution in [3.63, 3.8) is 0 Å². The van der Waals surface area contributed by atoms with Gasteiger partial charge in [0, 0.05) is 19.8 Å². The molecule has 0 saturated heterocycles. The molecule has 0 aromatic heterocycles. The number of nitrogens with zero attached hydrogens (tertiary/aromatic N) is 2. The fourth-order valence-corrected chi connectivity index (χ4v) is 2.58. The van der Waals surface area contributed by atoms with Crippen LogP contribution in [0.4, 0.5) is 4.79 Å². The van der Waals surface area contributed by atoms with Crippen molar-refractivity contribution in [3.8, 4) is 5.75 Å². The molecule has 2 amide bonds. The van der Waals surface area contributed by atoms with Crippen molar-refractivity contribution in [2.24, 2.45) is 0 Å². The number of carbonyl (C=O) groups is 2. The average Bonchev–Trinajstić information content (AvgIpc) is 2.50. The van der Waals surface area contributed by atoms with E-state index >= 15 is 0 Å². The van der Waals surface area contributed by atoms with Crippen molar-refractivity contribution >= 4 is 12.0 Å². The van der Waals surface area contributed by atoms with Crippen LogP contribution in [0.15, 0.2) is 35.5 Å². The molecule has 118 valence electrons. The zero-order valence-electron chi connectivity index (χ0n) is 13.2. The fourth-order valence-electron chi connectivity index (χ4n) is 2.58. The van der Waals surface area contributed by atoms with Crippen molar-refractivity contribution < 1.29 is 19.4 Å². The second-order valence-electron chi connectivity index (χ2n) is 5.17. The lowest BCUT2D eigenvalue weighted by Gasteiger charge is -2.39. The van der Waals surface area contributed by atoms with Crippen LogP contribution in [0.1, 0.15) is 25.5 Å². The topological polar surface area (TPSA) is 70.1 Å². The van der Waals surface area contributed by atoms with Crippen LogP contribution in [-0.4, -0.2) is 47.6 Å². The van der Waals surface area contributed by atoms with Gasteiger partial charge >= 0.3 is 12.0 Å². The molecule has 0 spiro atoms. The Morgan fingerprint density at radius 3 is 2.41 bits per heavy atom. The maximum atomic E-state index is 12.4. The van der Waals surface area contributed by atoms with E-state index in [2.05, 4.69) is 0 Å². The first-order chi connectivity index (χ1) is 10.4. The van der Waals surface area contributed by atoms with Gasteiger partial charge in [0.2, 0.25) is 0 Å². The van der Waals surface area contributed by atoms with Crippen molar-refractivity contribution in [3.05, 3.63) is 41.1 Å². The Morgan fingerprint density at radius 1 is 1.27 bits per heavy atom. The Balaban J connectivity index is 2.57. The SMILES string of the molecule is CCOC(=O)C1=C(C)N(C)C(=O)N(C)[C@H]1c1ccc(O)cc1. The van der Waals surface area contributed by atoms with Gasteiger partial charge in [-0.25, -0.2) is 9.59 Å². The van der Waals surface area contributed by atoms with Crippen molar-refractivity contribution in [1.82, 2.24) is 9.80 Å². The van der Waals surface area contributed by atoms with E-state index in [0.29, 0.717) is 11.3 Å². The number of ether oxygens (including phenoxy) is 1. The maximum absolute atomic E-state index is 12.4. The van der Waals surface area contributed by atoms with Crippen molar-refractivity contribution in [1.29, 1.82) is 0 Å². The minimum absolute atomic E-state index is 0.129. The first-order valence-electron chi connectivity index (χ1n) is 7.05. The number of allylic oxidation sites excluding steroid dienone is 1. The molecule has 2 rings (SSSR count). The van der Waals surface area contributed by atoms with Crippen LogP contribution in [0.25, 0.3) is 0 Å². The van der Waals surface area contributed by atoms with Gasteiger partial charge in [0.15, 0.2) is 0 Å². The van der Waals surface area contributed by atoms with Gasteiger partial charge in [0.1, 0.15) is 5.75 Å². The van der Waals surface area contributed by atoms with Gasteiger partial charge in [0.25, 0.3) is 0 Å². The summed E-state index contributed by atoms with van der Waals surface area (Å²) in [7, 11) is 3.27. The smallest absolute Gasteiger partial charge is 0.338 e. The summed E-state index contributed by atoms with van der Waals surface area (Å²) in [6, 6.07) is 5.71. The molecule has 1 N–H and O–H groups in total. The Hall–Kier alpha value is -2.50. The lowest BCUT2D eigenvalue weighted by molar-refractivity contribution is -0.139. The summed E-state index contributed by atoms with van der Waals surface area (Å²) in [5.41, 5.74) is 1.74. The van der Waals surface area contributed by atoms with Crippen molar-refractivity contribution in [2.75, 3.05) is 20.7 Å². The molecular formula is C16H20N2O4. The molecule has 1 aliphatic rings. The Morgan fingerprint density at radius 2 is 1.86 bits per heavy atom. The average molecular weight is 304 g/mol. The molecule has 1 heterocycles. The largest absolute Gasteiger partial charge is 0.508 e. The van der Waals surface area contributed by atoms with Gasteiger partial charge in [-0.15, -0.1) is 0 Å². The minimum atomic E-state index is -0.539. The number of benzene rings is 1. The zero-order chi connectivity index (χ0) is 16.4. The molecule has 0 unspecified atom stereocenters. The summed E-state index contributed by atoms with van der Waals surface area (Å²) in [6.45, 7) is 3.73. The number of carbonyl (C=O) groups excluding carboxylic acids is 2. The third-order valence-corrected chi connectivity index (χ3v) is 3.85. The lowest BCUT2D eigenvalue weighted by atomic mass is 9.93. The maximum Gasteiger partial charge on any atom is 0.338 e. The summed E-state index contributed by atoms with van der Waals surface area (Å²) >= 11 is 0.